The number of urea groups is 1. The number of aromatic amines is 1. The predicted molar refractivity (Wildman–Crippen MR) is 133 cm³/mol. The standard InChI is InChI=1S/C27H32FN5O2/c1-17-13-30-26-22(17)12-20(14-31-26)19-10-18-2-6-33(27(34)32-7-3-21(28)4-8-32)15-24(18)23(11-19)25-16-35-9-5-29-25/h10-14,21,25,29H,2-9,15-16H2,1H3,(H,30,31)/t25-/m0/s1. The third kappa shape index (κ3) is 4.29. The van der Waals surface area contributed by atoms with E-state index in [1.54, 1.807) is 0 Å². The maximum atomic E-state index is 13.6. The Kier molecular flexibility index (Phi) is 5.94. The van der Waals surface area contributed by atoms with Gasteiger partial charge in [0.1, 0.15) is 11.8 Å². The molecule has 6 rings (SSSR count). The van der Waals surface area contributed by atoms with Gasteiger partial charge in [-0.2, -0.15) is 0 Å². The maximum absolute atomic E-state index is 13.6. The van der Waals surface area contributed by atoms with Crippen molar-refractivity contribution in [1.82, 2.24) is 25.1 Å². The molecule has 5 heterocycles. The Morgan fingerprint density at radius 3 is 2.80 bits per heavy atom. The van der Waals surface area contributed by atoms with Crippen molar-refractivity contribution < 1.29 is 13.9 Å². The summed E-state index contributed by atoms with van der Waals surface area (Å²) in [6.07, 6.45) is 4.81. The first-order valence-electron chi connectivity index (χ1n) is 12.7. The molecule has 0 bridgehead atoms. The molecule has 0 aliphatic carbocycles. The first-order valence-corrected chi connectivity index (χ1v) is 12.7. The van der Waals surface area contributed by atoms with E-state index >= 15 is 0 Å². The molecule has 8 heteroatoms. The van der Waals surface area contributed by atoms with Crippen LogP contribution in [0.25, 0.3) is 22.2 Å². The number of likely N-dealkylation sites (tertiary alicyclic amines) is 1. The molecule has 184 valence electrons. The van der Waals surface area contributed by atoms with Crippen LogP contribution in [0.3, 0.4) is 0 Å². The van der Waals surface area contributed by atoms with Crippen LogP contribution in [0, 0.1) is 6.92 Å². The number of halogens is 1. The number of hydrogen-bond donors (Lipinski definition) is 2. The summed E-state index contributed by atoms with van der Waals surface area (Å²) in [5, 5.41) is 4.74. The third-order valence-electron chi connectivity index (χ3n) is 7.71. The van der Waals surface area contributed by atoms with Gasteiger partial charge in [-0.3, -0.25) is 0 Å². The Morgan fingerprint density at radius 1 is 1.14 bits per heavy atom. The number of H-pyrrole nitrogens is 1. The molecule has 3 aliphatic heterocycles. The summed E-state index contributed by atoms with van der Waals surface area (Å²) in [5.74, 6) is 0. The first kappa shape index (κ1) is 22.5. The summed E-state index contributed by atoms with van der Waals surface area (Å²) in [6.45, 7) is 6.47. The largest absolute Gasteiger partial charge is 0.378 e. The van der Waals surface area contributed by atoms with Crippen molar-refractivity contribution in [3.8, 4) is 11.1 Å². The molecule has 0 spiro atoms. The second-order valence-electron chi connectivity index (χ2n) is 9.99. The molecule has 2 fully saturated rings. The normalized spacial score (nSPS) is 21.4. The second kappa shape index (κ2) is 9.24. The fraction of sp³-hybridized carbons (Fsp3) is 0.481. The number of rotatable bonds is 2. The molecule has 2 amide bonds. The number of fused-ring (bicyclic) bond motifs is 2. The zero-order chi connectivity index (χ0) is 23.9. The Morgan fingerprint density at radius 2 is 2.00 bits per heavy atom. The quantitative estimate of drug-likeness (QED) is 0.583. The number of nitrogens with one attached hydrogen (secondary N) is 2. The van der Waals surface area contributed by atoms with Crippen molar-refractivity contribution in [1.29, 1.82) is 0 Å². The number of amides is 2. The van der Waals surface area contributed by atoms with E-state index in [0.29, 0.717) is 52.2 Å². The summed E-state index contributed by atoms with van der Waals surface area (Å²) in [6, 6.07) is 6.84. The van der Waals surface area contributed by atoms with Gasteiger partial charge < -0.3 is 24.8 Å². The number of aromatic nitrogens is 2. The first-order chi connectivity index (χ1) is 17.1. The van der Waals surface area contributed by atoms with E-state index in [4.69, 9.17) is 4.74 Å². The molecule has 0 unspecified atom stereocenters. The Hall–Kier alpha value is -2.97. The number of aryl methyl sites for hydroxylation is 1. The van der Waals surface area contributed by atoms with Crippen molar-refractivity contribution in [2.24, 2.45) is 0 Å². The van der Waals surface area contributed by atoms with Crippen LogP contribution in [-0.2, 0) is 17.7 Å². The van der Waals surface area contributed by atoms with E-state index in [1.165, 1.54) is 22.3 Å². The monoisotopic (exact) mass is 477 g/mol. The molecule has 0 saturated carbocycles. The molecular weight excluding hydrogens is 445 g/mol. The number of alkyl halides is 1. The fourth-order valence-electron chi connectivity index (χ4n) is 5.64. The lowest BCUT2D eigenvalue weighted by molar-refractivity contribution is 0.0761. The number of carbonyl (C=O) groups is 1. The molecule has 7 nitrogen and oxygen atoms in total. The van der Waals surface area contributed by atoms with Gasteiger partial charge in [-0.05, 0) is 66.1 Å². The van der Waals surface area contributed by atoms with Crippen LogP contribution >= 0.6 is 0 Å². The highest BCUT2D eigenvalue weighted by Crippen LogP contribution is 2.35. The minimum atomic E-state index is -0.785. The number of hydrogen-bond acceptors (Lipinski definition) is 4. The molecule has 1 atom stereocenters. The van der Waals surface area contributed by atoms with Crippen LogP contribution in [0.5, 0.6) is 0 Å². The topological polar surface area (TPSA) is 73.5 Å². The average molecular weight is 478 g/mol. The molecule has 2 N–H and O–H groups in total. The van der Waals surface area contributed by atoms with Crippen molar-refractivity contribution >= 4 is 17.1 Å². The fourth-order valence-corrected chi connectivity index (χ4v) is 5.64. The van der Waals surface area contributed by atoms with Crippen molar-refractivity contribution in [2.45, 2.75) is 44.9 Å². The zero-order valence-corrected chi connectivity index (χ0v) is 20.1. The van der Waals surface area contributed by atoms with Gasteiger partial charge in [-0.15, -0.1) is 0 Å². The number of piperidine rings is 1. The predicted octanol–water partition coefficient (Wildman–Crippen LogP) is 4.11. The van der Waals surface area contributed by atoms with E-state index in [9.17, 15) is 9.18 Å². The molecular formula is C27H32FN5O2. The number of carbonyl (C=O) groups excluding carboxylic acids is 1. The highest BCUT2D eigenvalue weighted by atomic mass is 19.1. The van der Waals surface area contributed by atoms with Crippen molar-refractivity contribution in [2.75, 3.05) is 39.4 Å². The van der Waals surface area contributed by atoms with Crippen molar-refractivity contribution in [3.05, 3.63) is 52.8 Å². The summed E-state index contributed by atoms with van der Waals surface area (Å²) in [4.78, 5) is 24.9. The van der Waals surface area contributed by atoms with Gasteiger partial charge in [0.25, 0.3) is 0 Å². The van der Waals surface area contributed by atoms with Crippen LogP contribution in [0.2, 0.25) is 0 Å². The Labute approximate surface area is 204 Å². The minimum Gasteiger partial charge on any atom is -0.378 e. The summed E-state index contributed by atoms with van der Waals surface area (Å²) < 4.78 is 19.4. The summed E-state index contributed by atoms with van der Waals surface area (Å²) in [5.41, 5.74) is 8.01. The molecule has 35 heavy (non-hydrogen) atoms. The number of ether oxygens (including phenoxy) is 1. The van der Waals surface area contributed by atoms with E-state index in [0.717, 1.165) is 35.1 Å². The number of benzene rings is 1. The van der Waals surface area contributed by atoms with Crippen LogP contribution in [0.1, 0.15) is 41.1 Å². The Bertz CT molecular complexity index is 1240. The van der Waals surface area contributed by atoms with E-state index < -0.39 is 6.17 Å². The molecule has 0 radical (unpaired) electrons. The van der Waals surface area contributed by atoms with Gasteiger partial charge in [0.15, 0.2) is 0 Å². The lowest BCUT2D eigenvalue weighted by Gasteiger charge is -2.38. The highest BCUT2D eigenvalue weighted by Gasteiger charge is 2.31. The van der Waals surface area contributed by atoms with E-state index in [2.05, 4.69) is 40.4 Å². The lowest BCUT2D eigenvalue weighted by atomic mass is 9.87. The van der Waals surface area contributed by atoms with Gasteiger partial charge in [0.2, 0.25) is 0 Å². The number of pyridine rings is 1. The van der Waals surface area contributed by atoms with Crippen LogP contribution in [0.15, 0.2) is 30.6 Å². The van der Waals surface area contributed by atoms with Gasteiger partial charge in [-0.25, -0.2) is 14.2 Å². The lowest BCUT2D eigenvalue weighted by Crippen LogP contribution is -2.48. The molecule has 2 aromatic heterocycles. The Balaban J connectivity index is 1.35. The zero-order valence-electron chi connectivity index (χ0n) is 20.1. The molecule has 3 aliphatic rings. The average Bonchev–Trinajstić information content (AvgIpc) is 3.28. The van der Waals surface area contributed by atoms with Gasteiger partial charge >= 0.3 is 6.03 Å². The smallest absolute Gasteiger partial charge is 0.320 e. The van der Waals surface area contributed by atoms with Crippen molar-refractivity contribution in [3.63, 3.8) is 0 Å². The third-order valence-corrected chi connectivity index (χ3v) is 7.71. The summed E-state index contributed by atoms with van der Waals surface area (Å²) in [7, 11) is 0. The second-order valence-corrected chi connectivity index (χ2v) is 9.99. The molecule has 3 aromatic rings. The molecule has 1 aromatic carbocycles. The minimum absolute atomic E-state index is 0.0306. The number of morpholine rings is 1. The highest BCUT2D eigenvalue weighted by molar-refractivity contribution is 5.84. The number of nitrogens with zero attached hydrogens (tertiary/aromatic N) is 3. The maximum Gasteiger partial charge on any atom is 0.320 e. The molecule has 2 saturated heterocycles. The van der Waals surface area contributed by atoms with Crippen LogP contribution < -0.4 is 5.32 Å². The van der Waals surface area contributed by atoms with E-state index in [1.807, 2.05) is 22.2 Å². The van der Waals surface area contributed by atoms with Crippen LogP contribution in [0.4, 0.5) is 9.18 Å². The SMILES string of the molecule is Cc1c[nH]c2ncc(-c3cc4c(c([C@@H]5COCCN5)c3)CN(C(=O)N3CCC(F)CC3)CC4)cc12. The summed E-state index contributed by atoms with van der Waals surface area (Å²) >= 11 is 0. The van der Waals surface area contributed by atoms with E-state index in [-0.39, 0.29) is 12.1 Å². The van der Waals surface area contributed by atoms with Gasteiger partial charge in [0, 0.05) is 56.1 Å². The van der Waals surface area contributed by atoms with Gasteiger partial charge in [0.05, 0.1) is 19.3 Å². The van der Waals surface area contributed by atoms with Gasteiger partial charge in [-0.1, -0.05) is 6.07 Å². The van der Waals surface area contributed by atoms with Crippen LogP contribution in [-0.4, -0.2) is 71.4 Å².